The maximum absolute atomic E-state index is 13.1. The Bertz CT molecular complexity index is 511. The van der Waals surface area contributed by atoms with E-state index in [1.54, 1.807) is 6.07 Å². The minimum atomic E-state index is -0.946. The minimum Gasteiger partial charge on any atom is -0.465 e. The van der Waals surface area contributed by atoms with Crippen LogP contribution in [0.3, 0.4) is 0 Å². The molecule has 0 radical (unpaired) electrons. The van der Waals surface area contributed by atoms with E-state index in [1.807, 2.05) is 0 Å². The van der Waals surface area contributed by atoms with E-state index in [-0.39, 0.29) is 11.9 Å². The molecule has 0 atom stereocenters. The van der Waals surface area contributed by atoms with Gasteiger partial charge in [-0.3, -0.25) is 0 Å². The monoisotopic (exact) mass is 307 g/mol. The van der Waals surface area contributed by atoms with Crippen LogP contribution in [-0.2, 0) is 0 Å². The molecule has 3 rings (SSSR count). The highest BCUT2D eigenvalue weighted by Crippen LogP contribution is 2.34. The summed E-state index contributed by atoms with van der Waals surface area (Å²) in [7, 11) is 0. The van der Waals surface area contributed by atoms with Crippen molar-refractivity contribution in [2.75, 3.05) is 11.4 Å². The van der Waals surface area contributed by atoms with Crippen LogP contribution in [0.5, 0.6) is 0 Å². The minimum absolute atomic E-state index is 0.0534. The molecule has 0 aliphatic heterocycles. The number of rotatable bonds is 5. The Morgan fingerprint density at radius 2 is 2.00 bits per heavy atom. The van der Waals surface area contributed by atoms with E-state index >= 15 is 0 Å². The van der Waals surface area contributed by atoms with Crippen LogP contribution in [0.1, 0.15) is 38.5 Å². The summed E-state index contributed by atoms with van der Waals surface area (Å²) in [6.45, 7) is 0.973. The molecule has 22 heavy (non-hydrogen) atoms. The quantitative estimate of drug-likeness (QED) is 0.877. The van der Waals surface area contributed by atoms with E-state index in [4.69, 9.17) is 5.11 Å². The SMILES string of the molecule is O=C(O)NC1CCC(N(CC2CC2)c2ccc(F)cn2)CC1. The molecular weight excluding hydrogens is 285 g/mol. The highest BCUT2D eigenvalue weighted by molar-refractivity contribution is 5.64. The van der Waals surface area contributed by atoms with Crippen molar-refractivity contribution in [1.29, 1.82) is 0 Å². The van der Waals surface area contributed by atoms with E-state index < -0.39 is 6.09 Å². The molecule has 0 unspecified atom stereocenters. The van der Waals surface area contributed by atoms with E-state index in [0.717, 1.165) is 44.0 Å². The summed E-state index contributed by atoms with van der Waals surface area (Å²) in [4.78, 5) is 17.3. The lowest BCUT2D eigenvalue weighted by Crippen LogP contribution is -2.44. The number of nitrogens with zero attached hydrogens (tertiary/aromatic N) is 2. The van der Waals surface area contributed by atoms with Crippen molar-refractivity contribution in [3.63, 3.8) is 0 Å². The Morgan fingerprint density at radius 1 is 1.27 bits per heavy atom. The van der Waals surface area contributed by atoms with Crippen LogP contribution in [0.4, 0.5) is 15.0 Å². The zero-order chi connectivity index (χ0) is 15.5. The van der Waals surface area contributed by atoms with Crippen molar-refractivity contribution >= 4 is 11.9 Å². The van der Waals surface area contributed by atoms with Crippen molar-refractivity contribution < 1.29 is 14.3 Å². The Balaban J connectivity index is 1.65. The third-order valence-corrected chi connectivity index (χ3v) is 4.62. The van der Waals surface area contributed by atoms with Crippen LogP contribution in [-0.4, -0.2) is 34.8 Å². The molecule has 1 aromatic heterocycles. The summed E-state index contributed by atoms with van der Waals surface area (Å²) in [6.07, 6.45) is 6.42. The molecule has 120 valence electrons. The average Bonchev–Trinajstić information content (AvgIpc) is 3.30. The smallest absolute Gasteiger partial charge is 0.404 e. The standard InChI is InChI=1S/C16H22FN3O2/c17-12-3-8-15(18-9-12)20(10-11-1-2-11)14-6-4-13(5-7-14)19-16(21)22/h3,8-9,11,13-14,19H,1-2,4-7,10H2,(H,21,22). The Morgan fingerprint density at radius 3 is 2.55 bits per heavy atom. The van der Waals surface area contributed by atoms with Gasteiger partial charge in [-0.1, -0.05) is 0 Å². The van der Waals surface area contributed by atoms with E-state index in [9.17, 15) is 9.18 Å². The van der Waals surface area contributed by atoms with Crippen molar-refractivity contribution in [3.8, 4) is 0 Å². The van der Waals surface area contributed by atoms with Crippen LogP contribution in [0, 0.1) is 11.7 Å². The number of hydrogen-bond acceptors (Lipinski definition) is 3. The van der Waals surface area contributed by atoms with E-state index in [0.29, 0.717) is 6.04 Å². The number of aromatic nitrogens is 1. The summed E-state index contributed by atoms with van der Waals surface area (Å²) >= 11 is 0. The van der Waals surface area contributed by atoms with Crippen LogP contribution in [0.2, 0.25) is 0 Å². The van der Waals surface area contributed by atoms with Gasteiger partial charge in [0.05, 0.1) is 6.20 Å². The number of anilines is 1. The fraction of sp³-hybridized carbons (Fsp3) is 0.625. The molecule has 2 N–H and O–H groups in total. The molecule has 0 aromatic carbocycles. The lowest BCUT2D eigenvalue weighted by molar-refractivity contribution is 0.184. The van der Waals surface area contributed by atoms with Gasteiger partial charge in [0.1, 0.15) is 11.6 Å². The molecule has 1 aromatic rings. The average molecular weight is 307 g/mol. The highest BCUT2D eigenvalue weighted by Gasteiger charge is 2.31. The molecule has 1 amide bonds. The van der Waals surface area contributed by atoms with Crippen molar-refractivity contribution in [1.82, 2.24) is 10.3 Å². The largest absolute Gasteiger partial charge is 0.465 e. The van der Waals surface area contributed by atoms with Crippen LogP contribution >= 0.6 is 0 Å². The van der Waals surface area contributed by atoms with Crippen LogP contribution in [0.25, 0.3) is 0 Å². The summed E-state index contributed by atoms with van der Waals surface area (Å²) in [5.41, 5.74) is 0. The topological polar surface area (TPSA) is 65.5 Å². The summed E-state index contributed by atoms with van der Waals surface area (Å²) in [5.74, 6) is 1.24. The van der Waals surface area contributed by atoms with Gasteiger partial charge in [-0.2, -0.15) is 0 Å². The second kappa shape index (κ2) is 6.50. The molecule has 2 aliphatic carbocycles. The van der Waals surface area contributed by atoms with E-state index in [1.165, 1.54) is 25.1 Å². The second-order valence-electron chi connectivity index (χ2n) is 6.39. The van der Waals surface area contributed by atoms with Gasteiger partial charge in [-0.15, -0.1) is 0 Å². The molecule has 1 heterocycles. The lowest BCUT2D eigenvalue weighted by atomic mass is 9.90. The summed E-state index contributed by atoms with van der Waals surface area (Å²) in [5, 5.41) is 11.4. The van der Waals surface area contributed by atoms with Gasteiger partial charge in [0.2, 0.25) is 0 Å². The maximum atomic E-state index is 13.1. The number of pyridine rings is 1. The van der Waals surface area contributed by atoms with E-state index in [2.05, 4.69) is 15.2 Å². The molecule has 0 bridgehead atoms. The maximum Gasteiger partial charge on any atom is 0.404 e. The zero-order valence-corrected chi connectivity index (χ0v) is 12.5. The van der Waals surface area contributed by atoms with Crippen molar-refractivity contribution in [3.05, 3.63) is 24.1 Å². The fourth-order valence-corrected chi connectivity index (χ4v) is 3.25. The van der Waals surface area contributed by atoms with Gasteiger partial charge in [0, 0.05) is 18.6 Å². The number of amides is 1. The molecular formula is C16H22FN3O2. The first-order valence-electron chi connectivity index (χ1n) is 7.99. The van der Waals surface area contributed by atoms with Crippen LogP contribution in [0.15, 0.2) is 18.3 Å². The first-order valence-corrected chi connectivity index (χ1v) is 7.99. The normalized spacial score (nSPS) is 24.8. The number of carboxylic acid groups (broad SMARTS) is 1. The van der Waals surface area contributed by atoms with Gasteiger partial charge in [0.25, 0.3) is 0 Å². The third-order valence-electron chi connectivity index (χ3n) is 4.62. The fourth-order valence-electron chi connectivity index (χ4n) is 3.25. The Hall–Kier alpha value is -1.85. The molecule has 6 heteroatoms. The van der Waals surface area contributed by atoms with Gasteiger partial charge >= 0.3 is 6.09 Å². The van der Waals surface area contributed by atoms with Crippen molar-refractivity contribution in [2.24, 2.45) is 5.92 Å². The third kappa shape index (κ3) is 3.87. The zero-order valence-electron chi connectivity index (χ0n) is 12.5. The molecule has 2 saturated carbocycles. The molecule has 5 nitrogen and oxygen atoms in total. The first kappa shape index (κ1) is 15.1. The van der Waals surface area contributed by atoms with Gasteiger partial charge in [-0.25, -0.2) is 14.2 Å². The highest BCUT2D eigenvalue weighted by atomic mass is 19.1. The molecule has 0 spiro atoms. The molecule has 2 aliphatic rings. The number of halogens is 1. The molecule has 0 saturated heterocycles. The number of carbonyl (C=O) groups is 1. The lowest BCUT2D eigenvalue weighted by Gasteiger charge is -2.37. The number of hydrogen-bond donors (Lipinski definition) is 2. The Labute approximate surface area is 129 Å². The number of nitrogens with one attached hydrogen (secondary N) is 1. The van der Waals surface area contributed by atoms with Crippen molar-refractivity contribution in [2.45, 2.75) is 50.6 Å². The predicted molar refractivity (Wildman–Crippen MR) is 81.5 cm³/mol. The predicted octanol–water partition coefficient (Wildman–Crippen LogP) is 3.02. The molecule has 2 fully saturated rings. The van der Waals surface area contributed by atoms with Gasteiger partial charge in [0.15, 0.2) is 0 Å². The first-order chi connectivity index (χ1) is 10.6. The van der Waals surface area contributed by atoms with Crippen LogP contribution < -0.4 is 10.2 Å². The Kier molecular flexibility index (Phi) is 4.45. The second-order valence-corrected chi connectivity index (χ2v) is 6.39. The summed E-state index contributed by atoms with van der Waals surface area (Å²) < 4.78 is 13.1. The summed E-state index contributed by atoms with van der Waals surface area (Å²) in [6, 6.07) is 3.63. The van der Waals surface area contributed by atoms with Gasteiger partial charge < -0.3 is 15.3 Å². The van der Waals surface area contributed by atoms with Gasteiger partial charge in [-0.05, 0) is 56.6 Å².